The van der Waals surface area contributed by atoms with Crippen molar-refractivity contribution in [3.63, 3.8) is 0 Å². The molecule has 0 saturated carbocycles. The summed E-state index contributed by atoms with van der Waals surface area (Å²) in [6, 6.07) is 14.8. The van der Waals surface area contributed by atoms with E-state index in [1.54, 1.807) is 24.3 Å². The summed E-state index contributed by atoms with van der Waals surface area (Å²) >= 11 is 0. The Morgan fingerprint density at radius 3 is 2.06 bits per heavy atom. The van der Waals surface area contributed by atoms with E-state index in [1.807, 2.05) is 30.3 Å². The van der Waals surface area contributed by atoms with E-state index in [-0.39, 0.29) is 0 Å². The van der Waals surface area contributed by atoms with Crippen molar-refractivity contribution in [2.45, 2.75) is 19.7 Å². The Bertz CT molecular complexity index is 605. The van der Waals surface area contributed by atoms with Crippen LogP contribution < -0.4 is 10.6 Å². The molecule has 2 heteroatoms. The molecule has 0 aliphatic rings. The molecule has 17 heavy (non-hydrogen) atoms. The number of hydrogen-bond donors (Lipinski definition) is 2. The number of hydrogen-bond acceptors (Lipinski definition) is 2. The lowest BCUT2D eigenvalue weighted by Crippen LogP contribution is -2.09. The minimum atomic E-state index is -2.62. The Kier molecular flexibility index (Phi) is 1.94. The Morgan fingerprint density at radius 2 is 1.41 bits per heavy atom. The zero-order valence-corrected chi connectivity index (χ0v) is 9.27. The first-order chi connectivity index (χ1) is 10.7. The van der Waals surface area contributed by atoms with Crippen LogP contribution in [0.4, 0.5) is 17.1 Å². The van der Waals surface area contributed by atoms with Gasteiger partial charge in [0.25, 0.3) is 0 Å². The van der Waals surface area contributed by atoms with Gasteiger partial charge in [-0.1, -0.05) is 18.2 Å². The van der Waals surface area contributed by atoms with Gasteiger partial charge in [0.15, 0.2) is 0 Å². The lowest BCUT2D eigenvalue weighted by atomic mass is 10.2. The highest BCUT2D eigenvalue weighted by atomic mass is 14.9. The van der Waals surface area contributed by atoms with Crippen molar-refractivity contribution in [2.75, 3.05) is 10.6 Å². The molecular formula is C15H18N2. The van der Waals surface area contributed by atoms with Crippen molar-refractivity contribution in [3.05, 3.63) is 54.6 Å². The van der Waals surface area contributed by atoms with Crippen LogP contribution in [-0.4, -0.2) is 6.04 Å². The molecule has 0 fully saturated rings. The predicted molar refractivity (Wildman–Crippen MR) is 74.9 cm³/mol. The van der Waals surface area contributed by atoms with Gasteiger partial charge in [0.05, 0.1) is 0 Å². The number of nitrogens with one attached hydrogen (secondary N) is 2. The first kappa shape index (κ1) is 6.10. The summed E-state index contributed by atoms with van der Waals surface area (Å²) in [5.41, 5.74) is 2.19. The van der Waals surface area contributed by atoms with Gasteiger partial charge in [0, 0.05) is 31.3 Å². The summed E-state index contributed by atoms with van der Waals surface area (Å²) in [6.07, 6.45) is 0. The van der Waals surface area contributed by atoms with Crippen LogP contribution in [-0.2, 0) is 0 Å². The van der Waals surface area contributed by atoms with Gasteiger partial charge in [-0.15, -0.1) is 0 Å². The molecule has 0 bridgehead atoms. The van der Waals surface area contributed by atoms with Gasteiger partial charge >= 0.3 is 0 Å². The van der Waals surface area contributed by atoms with Gasteiger partial charge in [-0.05, 0) is 50.1 Å². The van der Waals surface area contributed by atoms with Gasteiger partial charge < -0.3 is 10.6 Å². The van der Waals surface area contributed by atoms with Crippen LogP contribution in [0.5, 0.6) is 0 Å². The Hall–Kier alpha value is -1.96. The topological polar surface area (TPSA) is 24.1 Å². The molecule has 0 saturated heterocycles. The van der Waals surface area contributed by atoms with Crippen LogP contribution >= 0.6 is 0 Å². The maximum atomic E-state index is 7.38. The monoisotopic (exact) mass is 232 g/mol. The second kappa shape index (κ2) is 5.39. The number of anilines is 3. The van der Waals surface area contributed by atoms with Crippen molar-refractivity contribution in [1.29, 1.82) is 0 Å². The van der Waals surface area contributed by atoms with Gasteiger partial charge in [0.1, 0.15) is 0 Å². The van der Waals surface area contributed by atoms with E-state index in [0.717, 1.165) is 11.4 Å². The third-order valence-electron chi connectivity index (χ3n) is 2.26. The van der Waals surface area contributed by atoms with Crippen LogP contribution in [0.25, 0.3) is 0 Å². The van der Waals surface area contributed by atoms with Crippen LogP contribution in [0.15, 0.2) is 54.6 Å². The van der Waals surface area contributed by atoms with Crippen molar-refractivity contribution >= 4 is 17.1 Å². The molecule has 0 heterocycles. The summed E-state index contributed by atoms with van der Waals surface area (Å²) in [7, 11) is 0. The largest absolute Gasteiger partial charge is 0.383 e. The van der Waals surface area contributed by atoms with Crippen molar-refractivity contribution in [1.82, 2.24) is 0 Å². The lowest BCUT2D eigenvalue weighted by molar-refractivity contribution is 0.900. The van der Waals surface area contributed by atoms with Crippen LogP contribution in [0.3, 0.4) is 0 Å². The minimum absolute atomic E-state index is 0.445. The summed E-state index contributed by atoms with van der Waals surface area (Å²) in [5, 5.41) is 5.79. The fourth-order valence-corrected chi connectivity index (χ4v) is 1.50. The molecule has 88 valence electrons. The van der Waals surface area contributed by atoms with E-state index in [4.69, 9.17) is 8.22 Å². The maximum absolute atomic E-state index is 7.38. The van der Waals surface area contributed by atoms with Crippen LogP contribution in [0.1, 0.15) is 21.9 Å². The number of para-hydroxylation sites is 1. The van der Waals surface area contributed by atoms with E-state index in [9.17, 15) is 0 Å². The Labute approximate surface area is 111 Å². The molecule has 2 nitrogen and oxygen atoms in total. The van der Waals surface area contributed by atoms with Gasteiger partial charge in [0.2, 0.25) is 0 Å². The molecule has 2 aromatic rings. The summed E-state index contributed by atoms with van der Waals surface area (Å²) in [5.74, 6) is 0. The van der Waals surface area contributed by atoms with Crippen molar-refractivity contribution in [2.24, 2.45) is 0 Å². The second-order valence-electron chi connectivity index (χ2n) is 3.65. The Morgan fingerprint density at radius 1 is 0.824 bits per heavy atom. The van der Waals surface area contributed by atoms with Crippen molar-refractivity contribution in [3.8, 4) is 0 Å². The smallest absolute Gasteiger partial charge is 0.0385 e. The van der Waals surface area contributed by atoms with E-state index < -0.39 is 19.7 Å². The van der Waals surface area contributed by atoms with E-state index in [0.29, 0.717) is 5.69 Å². The van der Waals surface area contributed by atoms with Crippen LogP contribution in [0.2, 0.25) is 0 Å². The summed E-state index contributed by atoms with van der Waals surface area (Å²) < 4.78 is 44.3. The molecule has 2 N–H and O–H groups in total. The lowest BCUT2D eigenvalue weighted by Gasteiger charge is -2.11. The van der Waals surface area contributed by atoms with Crippen molar-refractivity contribution < 1.29 is 8.22 Å². The highest BCUT2D eigenvalue weighted by molar-refractivity contribution is 5.62. The standard InChI is InChI=1S/C15H18N2/c1-12(2)16-14-8-10-15(11-9-14)17-13-6-4-3-5-7-13/h3-12,16-17H,1-2H3/i1D3,2D3. The zero-order valence-electron chi connectivity index (χ0n) is 15.3. The fourth-order valence-electron chi connectivity index (χ4n) is 1.50. The first-order valence-electron chi connectivity index (χ1n) is 8.35. The van der Waals surface area contributed by atoms with Crippen LogP contribution in [0, 0.1) is 0 Å². The zero-order chi connectivity index (χ0) is 17.1. The molecule has 0 radical (unpaired) electrons. The summed E-state index contributed by atoms with van der Waals surface area (Å²) in [6.45, 7) is -5.24. The highest BCUT2D eigenvalue weighted by Gasteiger charge is 1.96. The predicted octanol–water partition coefficient (Wildman–Crippen LogP) is 4.25. The van der Waals surface area contributed by atoms with Gasteiger partial charge in [-0.2, -0.15) is 0 Å². The number of benzene rings is 2. The minimum Gasteiger partial charge on any atom is -0.383 e. The molecular weight excluding hydrogens is 208 g/mol. The molecule has 2 aromatic carbocycles. The molecule has 0 aliphatic heterocycles. The van der Waals surface area contributed by atoms with E-state index in [2.05, 4.69) is 10.6 Å². The van der Waals surface area contributed by atoms with Gasteiger partial charge in [-0.25, -0.2) is 0 Å². The maximum Gasteiger partial charge on any atom is 0.0385 e. The second-order valence-corrected chi connectivity index (χ2v) is 3.65. The molecule has 2 rings (SSSR count). The SMILES string of the molecule is [2H]C([2H])([2H])C(Nc1ccc(Nc2ccccc2)cc1)C([2H])([2H])[2H]. The first-order valence-corrected chi connectivity index (χ1v) is 5.35. The van der Waals surface area contributed by atoms with Gasteiger partial charge in [-0.3, -0.25) is 0 Å². The molecule has 0 amide bonds. The molecule has 0 aromatic heterocycles. The molecule has 0 atom stereocenters. The average Bonchev–Trinajstić information content (AvgIpc) is 2.45. The molecule has 0 spiro atoms. The third kappa shape index (κ3) is 3.52. The summed E-state index contributed by atoms with van der Waals surface area (Å²) in [4.78, 5) is 0. The average molecular weight is 232 g/mol. The number of rotatable bonds is 4. The normalized spacial score (nSPS) is 17.0. The molecule has 0 aliphatic carbocycles. The van der Waals surface area contributed by atoms with E-state index in [1.165, 1.54) is 0 Å². The van der Waals surface area contributed by atoms with E-state index >= 15 is 0 Å². The molecule has 0 unspecified atom stereocenters. The highest BCUT2D eigenvalue weighted by Crippen LogP contribution is 2.18. The fraction of sp³-hybridized carbons (Fsp3) is 0.200. The third-order valence-corrected chi connectivity index (χ3v) is 2.26. The quantitative estimate of drug-likeness (QED) is 0.823. The Balaban J connectivity index is 2.10.